The van der Waals surface area contributed by atoms with Crippen LogP contribution in [0.3, 0.4) is 0 Å². The van der Waals surface area contributed by atoms with Gasteiger partial charge in [-0.1, -0.05) is 92.7 Å². The van der Waals surface area contributed by atoms with Gasteiger partial charge in [-0.25, -0.2) is 0 Å². The number of rotatable bonds is 5. The maximum atomic E-state index is 12.7. The fourth-order valence-corrected chi connectivity index (χ4v) is 4.18. The van der Waals surface area contributed by atoms with Gasteiger partial charge in [-0.05, 0) is 28.7 Å². The van der Waals surface area contributed by atoms with Crippen LogP contribution in [0.1, 0.15) is 52.5 Å². The summed E-state index contributed by atoms with van der Waals surface area (Å²) in [4.78, 5) is 15.3. The largest absolute Gasteiger partial charge is 0.294 e. The lowest BCUT2D eigenvalue weighted by Crippen LogP contribution is -2.34. The second-order valence-electron chi connectivity index (χ2n) is 7.98. The Morgan fingerprint density at radius 2 is 1.54 bits per heavy atom. The Morgan fingerprint density at radius 3 is 2.29 bits per heavy atom. The van der Waals surface area contributed by atoms with Crippen molar-refractivity contribution in [1.82, 2.24) is 4.90 Å². The van der Waals surface area contributed by atoms with Gasteiger partial charge in [0.1, 0.15) is 0 Å². The van der Waals surface area contributed by atoms with Crippen LogP contribution in [0.25, 0.3) is 0 Å². The first-order valence-electron chi connectivity index (χ1n) is 10.1. The van der Waals surface area contributed by atoms with E-state index in [0.29, 0.717) is 6.04 Å². The minimum atomic E-state index is 0.00755. The summed E-state index contributed by atoms with van der Waals surface area (Å²) in [5.41, 5.74) is 6.15. The summed E-state index contributed by atoms with van der Waals surface area (Å²) in [7, 11) is 0. The predicted octanol–water partition coefficient (Wildman–Crippen LogP) is 5.82. The van der Waals surface area contributed by atoms with Gasteiger partial charge in [0.25, 0.3) is 0 Å². The molecule has 142 valence electrons. The van der Waals surface area contributed by atoms with E-state index in [1.54, 1.807) is 0 Å². The highest BCUT2D eigenvalue weighted by Crippen LogP contribution is 2.34. The van der Waals surface area contributed by atoms with Gasteiger partial charge in [-0.15, -0.1) is 0 Å². The average Bonchev–Trinajstić information content (AvgIpc) is 2.73. The van der Waals surface area contributed by atoms with Crippen molar-refractivity contribution < 1.29 is 4.79 Å². The molecule has 0 N–H and O–H groups in total. The molecule has 0 saturated carbocycles. The molecule has 1 aliphatic heterocycles. The normalized spacial score (nSPS) is 16.8. The number of benzene rings is 3. The van der Waals surface area contributed by atoms with E-state index in [2.05, 4.69) is 65.6 Å². The van der Waals surface area contributed by atoms with E-state index >= 15 is 0 Å². The molecule has 0 radical (unpaired) electrons. The molecule has 0 fully saturated rings. The second-order valence-corrected chi connectivity index (χ2v) is 7.98. The monoisotopic (exact) mass is 369 g/mol. The maximum absolute atomic E-state index is 12.7. The van der Waals surface area contributed by atoms with Crippen molar-refractivity contribution in [3.63, 3.8) is 0 Å². The van der Waals surface area contributed by atoms with E-state index in [1.807, 2.05) is 32.0 Å². The zero-order valence-electron chi connectivity index (χ0n) is 16.6. The van der Waals surface area contributed by atoms with E-state index in [0.717, 1.165) is 30.6 Å². The van der Waals surface area contributed by atoms with E-state index in [4.69, 9.17) is 0 Å². The minimum absolute atomic E-state index is 0.00755. The third kappa shape index (κ3) is 3.79. The van der Waals surface area contributed by atoms with Crippen molar-refractivity contribution in [3.05, 3.63) is 107 Å². The van der Waals surface area contributed by atoms with Crippen LogP contribution in [0.15, 0.2) is 78.9 Å². The van der Waals surface area contributed by atoms with Gasteiger partial charge in [0.2, 0.25) is 0 Å². The first kappa shape index (κ1) is 18.6. The smallest absolute Gasteiger partial charge is 0.165 e. The highest BCUT2D eigenvalue weighted by Gasteiger charge is 2.28. The van der Waals surface area contributed by atoms with E-state index in [9.17, 15) is 4.79 Å². The van der Waals surface area contributed by atoms with Crippen LogP contribution in [-0.2, 0) is 19.5 Å². The van der Waals surface area contributed by atoms with E-state index in [1.165, 1.54) is 16.7 Å². The second kappa shape index (κ2) is 8.12. The highest BCUT2D eigenvalue weighted by molar-refractivity contribution is 5.98. The number of carbonyl (C=O) groups excluding carboxylic acids is 1. The molecule has 0 spiro atoms. The molecule has 1 heterocycles. The number of Topliss-reactive ketones (excluding diaryl/α,β-unsaturated/α-hetero) is 1. The highest BCUT2D eigenvalue weighted by atomic mass is 16.1. The van der Waals surface area contributed by atoms with Crippen molar-refractivity contribution in [2.45, 2.75) is 39.4 Å². The lowest BCUT2D eigenvalue weighted by molar-refractivity contribution is 0.0935. The third-order valence-electron chi connectivity index (χ3n) is 5.71. The van der Waals surface area contributed by atoms with E-state index < -0.39 is 0 Å². The fourth-order valence-electron chi connectivity index (χ4n) is 4.18. The molecule has 1 aliphatic rings. The van der Waals surface area contributed by atoms with Crippen LogP contribution in [0, 0.1) is 5.92 Å². The van der Waals surface area contributed by atoms with Crippen molar-refractivity contribution >= 4 is 5.78 Å². The quantitative estimate of drug-likeness (QED) is 0.528. The lowest BCUT2D eigenvalue weighted by atomic mass is 9.88. The first-order chi connectivity index (χ1) is 13.6. The number of nitrogens with zero attached hydrogens (tertiary/aromatic N) is 1. The molecular formula is C26H27NO. The van der Waals surface area contributed by atoms with Crippen LogP contribution >= 0.6 is 0 Å². The number of ketones is 1. The van der Waals surface area contributed by atoms with Crippen LogP contribution in [-0.4, -0.2) is 10.7 Å². The summed E-state index contributed by atoms with van der Waals surface area (Å²) in [6.07, 6.45) is 1.00. The van der Waals surface area contributed by atoms with Crippen LogP contribution in [0.2, 0.25) is 0 Å². The average molecular weight is 370 g/mol. The Bertz CT molecular complexity index is 961. The lowest BCUT2D eigenvalue weighted by Gasteiger charge is -2.37. The molecule has 0 amide bonds. The molecule has 0 aromatic heterocycles. The predicted molar refractivity (Wildman–Crippen MR) is 114 cm³/mol. The summed E-state index contributed by atoms with van der Waals surface area (Å²) in [5.74, 6) is 0.234. The Morgan fingerprint density at radius 1 is 0.893 bits per heavy atom. The summed E-state index contributed by atoms with van der Waals surface area (Å²) < 4.78 is 0. The molecule has 2 nitrogen and oxygen atoms in total. The van der Waals surface area contributed by atoms with Gasteiger partial charge in [-0.3, -0.25) is 9.69 Å². The van der Waals surface area contributed by atoms with Gasteiger partial charge in [-0.2, -0.15) is 0 Å². The van der Waals surface area contributed by atoms with Crippen LogP contribution in [0.5, 0.6) is 0 Å². The van der Waals surface area contributed by atoms with E-state index in [-0.39, 0.29) is 11.7 Å². The molecule has 3 aromatic rings. The Balaban J connectivity index is 1.70. The summed E-state index contributed by atoms with van der Waals surface area (Å²) >= 11 is 0. The van der Waals surface area contributed by atoms with Crippen molar-refractivity contribution in [2.75, 3.05) is 0 Å². The van der Waals surface area contributed by atoms with Gasteiger partial charge in [0, 0.05) is 30.6 Å². The number of carbonyl (C=O) groups is 1. The SMILES string of the molecule is CC(C)C(=O)c1ccccc1CN1Cc2ccccc2CC1c1ccccc1. The maximum Gasteiger partial charge on any atom is 0.165 e. The standard InChI is InChI=1S/C26H27NO/c1-19(2)26(28)24-15-9-8-14-23(24)18-27-17-22-13-7-6-12-21(22)16-25(27)20-10-4-3-5-11-20/h3-15,19,25H,16-18H2,1-2H3. The number of fused-ring (bicyclic) bond motifs is 1. The number of hydrogen-bond donors (Lipinski definition) is 0. The summed E-state index contributed by atoms with van der Waals surface area (Å²) in [6, 6.07) is 27.9. The molecule has 0 saturated heterocycles. The fraction of sp³-hybridized carbons (Fsp3) is 0.269. The topological polar surface area (TPSA) is 20.3 Å². The molecule has 0 aliphatic carbocycles. The van der Waals surface area contributed by atoms with Crippen molar-refractivity contribution in [1.29, 1.82) is 0 Å². The van der Waals surface area contributed by atoms with Gasteiger partial charge >= 0.3 is 0 Å². The Kier molecular flexibility index (Phi) is 5.40. The molecule has 2 heteroatoms. The molecule has 4 rings (SSSR count). The summed E-state index contributed by atoms with van der Waals surface area (Å²) in [5, 5.41) is 0. The zero-order valence-corrected chi connectivity index (χ0v) is 16.6. The van der Waals surface area contributed by atoms with Gasteiger partial charge in [0.05, 0.1) is 0 Å². The first-order valence-corrected chi connectivity index (χ1v) is 10.1. The molecule has 1 unspecified atom stereocenters. The minimum Gasteiger partial charge on any atom is -0.294 e. The number of hydrogen-bond acceptors (Lipinski definition) is 2. The molecular weight excluding hydrogens is 342 g/mol. The summed E-state index contributed by atoms with van der Waals surface area (Å²) in [6.45, 7) is 5.63. The molecule has 0 bridgehead atoms. The van der Waals surface area contributed by atoms with Gasteiger partial charge < -0.3 is 0 Å². The zero-order chi connectivity index (χ0) is 19.5. The van der Waals surface area contributed by atoms with Crippen LogP contribution < -0.4 is 0 Å². The van der Waals surface area contributed by atoms with Crippen molar-refractivity contribution in [2.24, 2.45) is 5.92 Å². The molecule has 28 heavy (non-hydrogen) atoms. The van der Waals surface area contributed by atoms with Crippen molar-refractivity contribution in [3.8, 4) is 0 Å². The Labute approximate surface area is 167 Å². The Hall–Kier alpha value is -2.71. The molecule has 3 aromatic carbocycles. The van der Waals surface area contributed by atoms with Crippen LogP contribution in [0.4, 0.5) is 0 Å². The van der Waals surface area contributed by atoms with Gasteiger partial charge in [0.15, 0.2) is 5.78 Å². The third-order valence-corrected chi connectivity index (χ3v) is 5.71. The molecule has 1 atom stereocenters.